The molecule has 0 aromatic rings. The van der Waals surface area contributed by atoms with E-state index in [0.717, 1.165) is 38.5 Å². The zero-order valence-electron chi connectivity index (χ0n) is 38.3. The molecule has 0 fully saturated rings. The van der Waals surface area contributed by atoms with Gasteiger partial charge in [-0.2, -0.15) is 0 Å². The van der Waals surface area contributed by atoms with Gasteiger partial charge in [-0.15, -0.1) is 0 Å². The topological polar surface area (TPSA) is 81.7 Å². The molecule has 0 saturated carbocycles. The maximum atomic E-state index is 12.5. The summed E-state index contributed by atoms with van der Waals surface area (Å²) in [5.74, 6) is 0.773. The summed E-state index contributed by atoms with van der Waals surface area (Å²) >= 11 is 23.2. The van der Waals surface area contributed by atoms with Crippen molar-refractivity contribution in [1.82, 2.24) is 0 Å². The molecule has 0 aliphatic carbocycles. The molecule has 0 aliphatic rings. The summed E-state index contributed by atoms with van der Waals surface area (Å²) in [5.41, 5.74) is -8.34. The van der Waals surface area contributed by atoms with Crippen LogP contribution in [0.3, 0.4) is 0 Å². The first-order chi connectivity index (χ1) is 27.4. The van der Waals surface area contributed by atoms with Crippen LogP contribution in [0.1, 0.15) is 198 Å². The van der Waals surface area contributed by atoms with Crippen LogP contribution in [-0.4, -0.2) is 66.5 Å². The van der Waals surface area contributed by atoms with Gasteiger partial charge in [-0.05, 0) is 111 Å². The van der Waals surface area contributed by atoms with Crippen LogP contribution in [0, 0.1) is 0 Å². The van der Waals surface area contributed by atoms with Gasteiger partial charge in [0.1, 0.15) is 0 Å². The predicted octanol–water partition coefficient (Wildman–Crippen LogP) is 16.3. The maximum Gasteiger partial charge on any atom is 0.306 e. The lowest BCUT2D eigenvalue weighted by atomic mass is 10.1. The first-order valence-electron chi connectivity index (χ1n) is 22.4. The summed E-state index contributed by atoms with van der Waals surface area (Å²) in [4.78, 5) is 12.5. The van der Waals surface area contributed by atoms with Gasteiger partial charge in [-0.1, -0.05) is 151 Å². The number of esters is 1. The summed E-state index contributed by atoms with van der Waals surface area (Å²) in [6, 6.07) is 0. The second kappa shape index (κ2) is 36.4. The first kappa shape index (κ1) is 60.2. The Balaban J connectivity index is 6.42. The van der Waals surface area contributed by atoms with Crippen molar-refractivity contribution in [3.8, 4) is 0 Å². The van der Waals surface area contributed by atoms with Crippen molar-refractivity contribution in [3.05, 3.63) is 0 Å². The average Bonchev–Trinajstić information content (AvgIpc) is 3.10. The summed E-state index contributed by atoms with van der Waals surface area (Å²) in [5, 5.41) is 0.00522. The molecule has 0 rings (SSSR count). The number of carbonyl (C=O) groups is 1. The Hall–Kier alpha value is 2.23. The number of unbranched alkanes of at least 4 members (excludes halogenated alkanes) is 14. The van der Waals surface area contributed by atoms with Crippen LogP contribution in [0.25, 0.3) is 0 Å². The molecule has 0 aromatic carbocycles. The fraction of sp³-hybridized carbons (Fsp3) is 0.976. The van der Waals surface area contributed by atoms with Crippen LogP contribution in [0.15, 0.2) is 0 Å². The monoisotopic (exact) mass is 990 g/mol. The quantitative estimate of drug-likeness (QED) is 0.0331. The second-order valence-corrected chi connectivity index (χ2v) is 35.0. The van der Waals surface area contributed by atoms with Gasteiger partial charge in [0.05, 0.1) is 50.2 Å². The highest BCUT2D eigenvalue weighted by atomic mass is 32.9. The van der Waals surface area contributed by atoms with Crippen molar-refractivity contribution in [3.63, 3.8) is 0 Å². The van der Waals surface area contributed by atoms with Gasteiger partial charge in [0.15, 0.2) is 0 Å². The van der Waals surface area contributed by atoms with E-state index in [-0.39, 0.29) is 48.2 Å². The van der Waals surface area contributed by atoms with Crippen LogP contribution in [-0.2, 0) is 72.1 Å². The minimum Gasteiger partial charge on any atom is -0.466 e. The van der Waals surface area contributed by atoms with E-state index >= 15 is 0 Å². The molecule has 58 heavy (non-hydrogen) atoms. The van der Waals surface area contributed by atoms with E-state index in [2.05, 4.69) is 13.8 Å². The van der Waals surface area contributed by atoms with E-state index in [9.17, 15) is 4.79 Å². The summed E-state index contributed by atoms with van der Waals surface area (Å²) in [6.07, 6.45) is 21.1. The third-order valence-electron chi connectivity index (χ3n) is 8.37. The maximum absolute atomic E-state index is 12.5. The van der Waals surface area contributed by atoms with Crippen LogP contribution in [0.2, 0.25) is 0 Å². The predicted molar refractivity (Wildman–Crippen MR) is 271 cm³/mol. The minimum absolute atomic E-state index is 0.00522. The molecule has 0 heterocycles. The van der Waals surface area contributed by atoms with Crippen molar-refractivity contribution in [2.24, 2.45) is 0 Å². The standard InChI is InChI=1S/C41H85O8P3S6/c1-12-15-17-19-21-23-25-27-29-39(34-57-51(54,45-35(4)5)46-36(6)7)49-50(53,56-32-31-41(42)43-14-3)44-33-40(30-28-26-24-22-20-18-16-13-2)58-52(55,47-37(8)9)48-38(10)11/h35-40H,12-34H2,1-11H3. The number of carbonyl (C=O) groups excluding carboxylic acids is 1. The van der Waals surface area contributed by atoms with E-state index < -0.39 is 17.1 Å². The lowest BCUT2D eigenvalue weighted by Crippen LogP contribution is -2.18. The Morgan fingerprint density at radius 2 is 0.966 bits per heavy atom. The van der Waals surface area contributed by atoms with Gasteiger partial charge in [-0.25, -0.2) is 0 Å². The zero-order chi connectivity index (χ0) is 43.9. The van der Waals surface area contributed by atoms with Gasteiger partial charge >= 0.3 is 5.97 Å². The lowest BCUT2D eigenvalue weighted by molar-refractivity contribution is -0.142. The third-order valence-corrected chi connectivity index (χ3v) is 25.0. The minimum atomic E-state index is -2.99. The normalized spacial score (nSPS) is 14.8. The molecule has 0 aromatic heterocycles. The second-order valence-electron chi connectivity index (χ2n) is 15.9. The molecule has 3 unspecified atom stereocenters. The van der Waals surface area contributed by atoms with Crippen molar-refractivity contribution in [2.75, 3.05) is 24.7 Å². The first-order valence-corrected chi connectivity index (χ1v) is 35.0. The number of hydrogen-bond donors (Lipinski definition) is 0. The molecule has 0 radical (unpaired) electrons. The SMILES string of the molecule is CCCCCCCCCCC(CSP(=S)(OC(C)C)OC(C)C)OP(=S)(OCC(CCCCCCCCCC)SP(=S)(OC(C)C)OC(C)C)SCCC(=O)OCC. The molecule has 0 aliphatic heterocycles. The molecular weight excluding hydrogens is 906 g/mol. The fourth-order valence-corrected chi connectivity index (χ4v) is 23.5. The largest absolute Gasteiger partial charge is 0.466 e. The lowest BCUT2D eigenvalue weighted by Gasteiger charge is -2.32. The van der Waals surface area contributed by atoms with Crippen molar-refractivity contribution in [1.29, 1.82) is 0 Å². The van der Waals surface area contributed by atoms with Crippen LogP contribution in [0.4, 0.5) is 0 Å². The van der Waals surface area contributed by atoms with E-state index in [1.807, 2.05) is 62.3 Å². The Morgan fingerprint density at radius 3 is 1.41 bits per heavy atom. The smallest absolute Gasteiger partial charge is 0.306 e. The summed E-state index contributed by atoms with van der Waals surface area (Å²) in [7, 11) is 0. The van der Waals surface area contributed by atoms with E-state index in [1.54, 1.807) is 22.8 Å². The van der Waals surface area contributed by atoms with Crippen molar-refractivity contribution in [2.45, 2.75) is 234 Å². The van der Waals surface area contributed by atoms with E-state index in [0.29, 0.717) is 24.7 Å². The average molecular weight is 991 g/mol. The molecule has 0 amide bonds. The Morgan fingerprint density at radius 1 is 0.534 bits per heavy atom. The molecule has 0 spiro atoms. The van der Waals surface area contributed by atoms with E-state index in [4.69, 9.17) is 67.3 Å². The summed E-state index contributed by atoms with van der Waals surface area (Å²) in [6.45, 7) is 23.0. The summed E-state index contributed by atoms with van der Waals surface area (Å²) < 4.78 is 44.4. The Kier molecular flexibility index (Phi) is 37.8. The Labute approximate surface area is 385 Å². The number of ether oxygens (including phenoxy) is 1. The van der Waals surface area contributed by atoms with E-state index in [1.165, 1.54) is 88.4 Å². The molecule has 3 atom stereocenters. The van der Waals surface area contributed by atoms with Crippen molar-refractivity contribution >= 4 is 92.6 Å². The molecule has 17 heteroatoms. The highest BCUT2D eigenvalue weighted by molar-refractivity contribution is 8.69. The highest BCUT2D eigenvalue weighted by Crippen LogP contribution is 2.68. The zero-order valence-corrected chi connectivity index (χ0v) is 45.9. The van der Waals surface area contributed by atoms with Gasteiger partial charge in [0.2, 0.25) is 17.1 Å². The molecule has 0 N–H and O–H groups in total. The van der Waals surface area contributed by atoms with Gasteiger partial charge in [0.25, 0.3) is 0 Å². The van der Waals surface area contributed by atoms with Crippen LogP contribution in [0.5, 0.6) is 0 Å². The third kappa shape index (κ3) is 34.6. The number of rotatable bonds is 41. The Bertz CT molecular complexity index is 1140. The molecule has 0 saturated heterocycles. The fourth-order valence-electron chi connectivity index (χ4n) is 5.82. The van der Waals surface area contributed by atoms with Gasteiger partial charge in [0, 0.05) is 16.8 Å². The van der Waals surface area contributed by atoms with Crippen LogP contribution >= 0.6 is 51.2 Å². The number of hydrogen-bond acceptors (Lipinski definition) is 14. The van der Waals surface area contributed by atoms with Gasteiger partial charge in [-0.3, -0.25) is 4.79 Å². The van der Waals surface area contributed by atoms with Gasteiger partial charge < -0.3 is 31.9 Å². The molecule has 0 bridgehead atoms. The van der Waals surface area contributed by atoms with Crippen LogP contribution < -0.4 is 0 Å². The molecule has 8 nitrogen and oxygen atoms in total. The van der Waals surface area contributed by atoms with Crippen molar-refractivity contribution < 1.29 is 36.7 Å². The molecule has 348 valence electrons. The molecular formula is C41H85O8P3S6. The highest BCUT2D eigenvalue weighted by Gasteiger charge is 2.33.